The number of ether oxygens (including phenoxy) is 2. The van der Waals surface area contributed by atoms with Crippen LogP contribution in [-0.4, -0.2) is 119 Å². The van der Waals surface area contributed by atoms with Crippen molar-refractivity contribution in [3.63, 3.8) is 0 Å². The van der Waals surface area contributed by atoms with Crippen LogP contribution in [0.25, 0.3) is 22.3 Å². The lowest BCUT2D eigenvalue weighted by atomic mass is 10.0. The molecule has 3 aromatic rings. The second-order valence-corrected chi connectivity index (χ2v) is 13.9. The summed E-state index contributed by atoms with van der Waals surface area (Å²) in [6.07, 6.45) is -1.34. The number of piperazine rings is 1. The van der Waals surface area contributed by atoms with Gasteiger partial charge in [0.2, 0.25) is 5.91 Å². The number of carbonyl (C=O) groups is 4. The summed E-state index contributed by atoms with van der Waals surface area (Å²) in [5.41, 5.74) is 1.62. The number of amides is 3. The van der Waals surface area contributed by atoms with Crippen LogP contribution in [-0.2, 0) is 23.9 Å². The van der Waals surface area contributed by atoms with Crippen molar-refractivity contribution in [3.8, 4) is 17.1 Å². The molecule has 1 aliphatic rings. The van der Waals surface area contributed by atoms with E-state index in [0.29, 0.717) is 49.8 Å². The van der Waals surface area contributed by atoms with Gasteiger partial charge in [-0.2, -0.15) is 0 Å². The Morgan fingerprint density at radius 1 is 0.939 bits per heavy atom. The highest BCUT2D eigenvalue weighted by Gasteiger charge is 2.32. The molecular weight excluding hydrogens is 628 g/mol. The average Bonchev–Trinajstić information content (AvgIpc) is 3.02. The number of aryl methyl sites for hydroxylation is 1. The second-order valence-electron chi connectivity index (χ2n) is 13.9. The van der Waals surface area contributed by atoms with Crippen molar-refractivity contribution in [2.24, 2.45) is 5.92 Å². The standard InChI is InChI=1S/C36H48N6O7/c1-23(2)19-29(48-31(45)22-39(7)30(44)21-40(8)35(47)49-36(4,5)6)34(46)42-17-15-41(16-18-42)33-25-14-13-24(3)20-27(25)37-32(38-33)26-11-9-10-12-28(26)43/h9-14,20,23,29,43H,15-19,21-22H2,1-8H3. The lowest BCUT2D eigenvalue weighted by Gasteiger charge is -2.37. The number of esters is 1. The predicted molar refractivity (Wildman–Crippen MR) is 186 cm³/mol. The summed E-state index contributed by atoms with van der Waals surface area (Å²) in [5.74, 6) is -0.213. The van der Waals surface area contributed by atoms with Crippen LogP contribution in [0.4, 0.5) is 10.6 Å². The zero-order valence-corrected chi connectivity index (χ0v) is 29.7. The number of likely N-dealkylation sites (N-methyl/N-ethyl adjacent to an activating group) is 2. The number of hydrogen-bond donors (Lipinski definition) is 1. The van der Waals surface area contributed by atoms with Crippen LogP contribution < -0.4 is 4.90 Å². The first-order valence-corrected chi connectivity index (χ1v) is 16.5. The number of rotatable bonds is 10. The molecule has 1 fully saturated rings. The number of para-hydroxylation sites is 1. The van der Waals surface area contributed by atoms with Gasteiger partial charge in [-0.15, -0.1) is 0 Å². The molecule has 1 N–H and O–H groups in total. The van der Waals surface area contributed by atoms with Crippen LogP contribution in [0.3, 0.4) is 0 Å². The monoisotopic (exact) mass is 676 g/mol. The first-order chi connectivity index (χ1) is 23.0. The number of hydrogen-bond acceptors (Lipinski definition) is 10. The third kappa shape index (κ3) is 9.80. The van der Waals surface area contributed by atoms with Gasteiger partial charge in [-0.1, -0.05) is 32.0 Å². The molecule has 0 saturated carbocycles. The van der Waals surface area contributed by atoms with Gasteiger partial charge in [0.25, 0.3) is 5.91 Å². The van der Waals surface area contributed by atoms with Crippen molar-refractivity contribution in [1.82, 2.24) is 24.7 Å². The second kappa shape index (κ2) is 15.5. The molecule has 1 aromatic heterocycles. The molecule has 1 saturated heterocycles. The highest BCUT2D eigenvalue weighted by molar-refractivity contribution is 5.92. The summed E-state index contributed by atoms with van der Waals surface area (Å²) in [6.45, 7) is 12.1. The molecule has 2 heterocycles. The first-order valence-electron chi connectivity index (χ1n) is 16.5. The molecular formula is C36H48N6O7. The minimum Gasteiger partial charge on any atom is -0.507 e. The Hall–Kier alpha value is -4.94. The topological polar surface area (TPSA) is 146 Å². The summed E-state index contributed by atoms with van der Waals surface area (Å²) in [6, 6.07) is 12.9. The fourth-order valence-electron chi connectivity index (χ4n) is 5.42. The number of aromatic hydroxyl groups is 1. The number of fused-ring (bicyclic) bond motifs is 1. The zero-order valence-electron chi connectivity index (χ0n) is 29.7. The van der Waals surface area contributed by atoms with E-state index in [-0.39, 0.29) is 30.7 Å². The SMILES string of the molecule is Cc1ccc2c(N3CCN(C(=O)C(CC(C)C)OC(=O)CN(C)C(=O)CN(C)C(=O)OC(C)(C)C)CC3)nc(-c3ccccc3O)nc2c1. The molecule has 0 aliphatic carbocycles. The number of phenols is 1. The summed E-state index contributed by atoms with van der Waals surface area (Å²) in [5, 5.41) is 11.4. The van der Waals surface area contributed by atoms with E-state index in [1.807, 2.05) is 45.0 Å². The number of nitrogens with zero attached hydrogens (tertiary/aromatic N) is 6. The molecule has 13 heteroatoms. The van der Waals surface area contributed by atoms with Gasteiger partial charge in [-0.05, 0) is 69.9 Å². The fraction of sp³-hybridized carbons (Fsp3) is 0.500. The highest BCUT2D eigenvalue weighted by Crippen LogP contribution is 2.32. The van der Waals surface area contributed by atoms with Gasteiger partial charge in [0, 0.05) is 45.7 Å². The van der Waals surface area contributed by atoms with E-state index in [0.717, 1.165) is 26.3 Å². The average molecular weight is 677 g/mol. The molecule has 264 valence electrons. The van der Waals surface area contributed by atoms with Crippen LogP contribution in [0.5, 0.6) is 5.75 Å². The van der Waals surface area contributed by atoms with E-state index < -0.39 is 29.7 Å². The molecule has 2 aromatic carbocycles. The predicted octanol–water partition coefficient (Wildman–Crippen LogP) is 4.24. The molecule has 4 rings (SSSR count). The Bertz CT molecular complexity index is 1680. The molecule has 49 heavy (non-hydrogen) atoms. The van der Waals surface area contributed by atoms with Crippen LogP contribution in [0.15, 0.2) is 42.5 Å². The van der Waals surface area contributed by atoms with Crippen molar-refractivity contribution >= 4 is 40.6 Å². The number of benzene rings is 2. The number of aromatic nitrogens is 2. The van der Waals surface area contributed by atoms with Gasteiger partial charge < -0.3 is 34.2 Å². The van der Waals surface area contributed by atoms with Gasteiger partial charge in [0.1, 0.15) is 30.3 Å². The molecule has 1 atom stereocenters. The lowest BCUT2D eigenvalue weighted by Crippen LogP contribution is -2.53. The maximum atomic E-state index is 13.7. The van der Waals surface area contributed by atoms with Crippen molar-refractivity contribution in [2.45, 2.75) is 59.7 Å². The summed E-state index contributed by atoms with van der Waals surface area (Å²) in [4.78, 5) is 67.4. The van der Waals surface area contributed by atoms with E-state index >= 15 is 0 Å². The molecule has 0 radical (unpaired) electrons. The Labute approximate surface area is 287 Å². The molecule has 1 unspecified atom stereocenters. The quantitative estimate of drug-likeness (QED) is 0.310. The summed E-state index contributed by atoms with van der Waals surface area (Å²) in [7, 11) is 2.88. The third-order valence-corrected chi connectivity index (χ3v) is 7.97. The van der Waals surface area contributed by atoms with Crippen molar-refractivity contribution in [1.29, 1.82) is 0 Å². The van der Waals surface area contributed by atoms with Crippen LogP contribution in [0.2, 0.25) is 0 Å². The van der Waals surface area contributed by atoms with Gasteiger partial charge >= 0.3 is 12.1 Å². The smallest absolute Gasteiger partial charge is 0.410 e. The maximum Gasteiger partial charge on any atom is 0.410 e. The molecule has 1 aliphatic heterocycles. The molecule has 13 nitrogen and oxygen atoms in total. The minimum atomic E-state index is -1.01. The largest absolute Gasteiger partial charge is 0.507 e. The van der Waals surface area contributed by atoms with Gasteiger partial charge in [-0.3, -0.25) is 14.4 Å². The van der Waals surface area contributed by atoms with Crippen LogP contribution >= 0.6 is 0 Å². The van der Waals surface area contributed by atoms with Crippen LogP contribution in [0, 0.1) is 12.8 Å². The highest BCUT2D eigenvalue weighted by atomic mass is 16.6. The Kier molecular flexibility index (Phi) is 11.7. The zero-order chi connectivity index (χ0) is 36.0. The van der Waals surface area contributed by atoms with Crippen molar-refractivity contribution < 1.29 is 33.8 Å². The Morgan fingerprint density at radius 3 is 2.24 bits per heavy atom. The summed E-state index contributed by atoms with van der Waals surface area (Å²) >= 11 is 0. The van der Waals surface area contributed by atoms with Crippen molar-refractivity contribution in [2.75, 3.05) is 58.3 Å². The number of anilines is 1. The van der Waals surface area contributed by atoms with E-state index in [2.05, 4.69) is 4.90 Å². The van der Waals surface area contributed by atoms with E-state index in [1.165, 1.54) is 14.1 Å². The van der Waals surface area contributed by atoms with E-state index in [4.69, 9.17) is 19.4 Å². The fourth-order valence-corrected chi connectivity index (χ4v) is 5.42. The normalized spacial score (nSPS) is 14.1. The van der Waals surface area contributed by atoms with Gasteiger partial charge in [0.15, 0.2) is 11.9 Å². The first kappa shape index (κ1) is 36.9. The number of carbonyl (C=O) groups excluding carboxylic acids is 4. The molecule has 3 amide bonds. The lowest BCUT2D eigenvalue weighted by molar-refractivity contribution is -0.163. The van der Waals surface area contributed by atoms with E-state index in [1.54, 1.807) is 43.9 Å². The molecule has 0 bridgehead atoms. The molecule has 0 spiro atoms. The van der Waals surface area contributed by atoms with Gasteiger partial charge in [-0.25, -0.2) is 14.8 Å². The maximum absolute atomic E-state index is 13.7. The minimum absolute atomic E-state index is 0.0635. The van der Waals surface area contributed by atoms with Gasteiger partial charge in [0.05, 0.1) is 11.1 Å². The van der Waals surface area contributed by atoms with Crippen molar-refractivity contribution in [3.05, 3.63) is 48.0 Å². The third-order valence-electron chi connectivity index (χ3n) is 7.97. The Balaban J connectivity index is 1.41. The van der Waals surface area contributed by atoms with E-state index in [9.17, 15) is 24.3 Å². The Morgan fingerprint density at radius 2 is 1.61 bits per heavy atom. The summed E-state index contributed by atoms with van der Waals surface area (Å²) < 4.78 is 11.0. The van der Waals surface area contributed by atoms with Crippen LogP contribution in [0.1, 0.15) is 46.6 Å². The number of phenolic OH excluding ortho intramolecular Hbond substituents is 1.